The zero-order chi connectivity index (χ0) is 5.44. The lowest BCUT2D eigenvalue weighted by Gasteiger charge is -2.36. The molecule has 0 aliphatic heterocycles. The maximum Gasteiger partial charge on any atom is 0.0176 e. The van der Waals surface area contributed by atoms with Crippen LogP contribution < -0.4 is 0 Å². The van der Waals surface area contributed by atoms with Crippen LogP contribution in [0, 0.1) is 11.8 Å². The van der Waals surface area contributed by atoms with Gasteiger partial charge in [0.25, 0.3) is 0 Å². The van der Waals surface area contributed by atoms with E-state index in [-0.39, 0.29) is 0 Å². The van der Waals surface area contributed by atoms with Crippen LogP contribution in [0.25, 0.3) is 0 Å². The topological polar surface area (TPSA) is 0 Å². The van der Waals surface area contributed by atoms with Crippen molar-refractivity contribution in [3.05, 3.63) is 0 Å². The van der Waals surface area contributed by atoms with Crippen molar-refractivity contribution in [2.45, 2.75) is 25.1 Å². The van der Waals surface area contributed by atoms with Crippen LogP contribution in [0.15, 0.2) is 0 Å². The lowest BCUT2D eigenvalue weighted by atomic mass is 9.76. The van der Waals surface area contributed by atoms with Gasteiger partial charge in [-0.2, -0.15) is 0 Å². The molecule has 0 aromatic carbocycles. The van der Waals surface area contributed by atoms with Crippen molar-refractivity contribution in [1.82, 2.24) is 0 Å². The van der Waals surface area contributed by atoms with Gasteiger partial charge in [-0.1, -0.05) is 29.8 Å². The number of halogens is 1. The van der Waals surface area contributed by atoms with Crippen molar-refractivity contribution in [3.63, 3.8) is 0 Å². The summed E-state index contributed by atoms with van der Waals surface area (Å²) in [7, 11) is 0. The Bertz CT molecular complexity index is 62.6. The average Bonchev–Trinajstić information content (AvgIpc) is 1.68. The second-order valence-corrected chi connectivity index (χ2v) is 3.76. The second-order valence-electron chi connectivity index (χ2n) is 2.59. The Balaban J connectivity index is 2.29. The monoisotopic (exact) mass is 162 g/mol. The lowest BCUT2D eigenvalue weighted by molar-refractivity contribution is 0.237. The van der Waals surface area contributed by atoms with E-state index in [0.29, 0.717) is 0 Å². The summed E-state index contributed by atoms with van der Waals surface area (Å²) >= 11 is 3.57. The van der Waals surface area contributed by atoms with Gasteiger partial charge in [0.2, 0.25) is 0 Å². The van der Waals surface area contributed by atoms with Crippen molar-refractivity contribution < 1.29 is 0 Å². The molecule has 1 rings (SSSR count). The molecule has 42 valence electrons. The van der Waals surface area contributed by atoms with Gasteiger partial charge in [-0.3, -0.25) is 0 Å². The van der Waals surface area contributed by atoms with Gasteiger partial charge in [-0.15, -0.1) is 0 Å². The number of alkyl halides is 1. The standard InChI is InChI=1S/C6H11Br/c1-4-3-6(7)5(4)2/h4-6H,3H2,1-2H3. The molecule has 0 bridgehead atoms. The van der Waals surface area contributed by atoms with Crippen LogP contribution in [0.3, 0.4) is 0 Å². The molecule has 7 heavy (non-hydrogen) atoms. The quantitative estimate of drug-likeness (QED) is 0.481. The van der Waals surface area contributed by atoms with Gasteiger partial charge in [0.1, 0.15) is 0 Å². The van der Waals surface area contributed by atoms with E-state index in [9.17, 15) is 0 Å². The van der Waals surface area contributed by atoms with Crippen LogP contribution in [0.5, 0.6) is 0 Å². The van der Waals surface area contributed by atoms with Gasteiger partial charge in [-0.05, 0) is 18.3 Å². The van der Waals surface area contributed by atoms with Gasteiger partial charge in [-0.25, -0.2) is 0 Å². The minimum atomic E-state index is 0.822. The Hall–Kier alpha value is 0.480. The Morgan fingerprint density at radius 1 is 1.43 bits per heavy atom. The first-order valence-corrected chi connectivity index (χ1v) is 3.77. The molecule has 0 N–H and O–H groups in total. The van der Waals surface area contributed by atoms with Gasteiger partial charge >= 0.3 is 0 Å². The van der Waals surface area contributed by atoms with E-state index in [1.165, 1.54) is 6.42 Å². The highest BCUT2D eigenvalue weighted by atomic mass is 79.9. The molecule has 3 atom stereocenters. The maximum atomic E-state index is 3.57. The van der Waals surface area contributed by atoms with Crippen LogP contribution in [0.1, 0.15) is 20.3 Å². The highest BCUT2D eigenvalue weighted by Crippen LogP contribution is 2.38. The Morgan fingerprint density at radius 3 is 2.00 bits per heavy atom. The first-order valence-electron chi connectivity index (χ1n) is 2.86. The summed E-state index contributed by atoms with van der Waals surface area (Å²) in [5.41, 5.74) is 0. The summed E-state index contributed by atoms with van der Waals surface area (Å²) in [4.78, 5) is 0.822. The highest BCUT2D eigenvalue weighted by Gasteiger charge is 2.31. The predicted molar refractivity (Wildman–Crippen MR) is 35.7 cm³/mol. The zero-order valence-electron chi connectivity index (χ0n) is 4.82. The van der Waals surface area contributed by atoms with Gasteiger partial charge in [0.15, 0.2) is 0 Å². The predicted octanol–water partition coefficient (Wildman–Crippen LogP) is 2.43. The van der Waals surface area contributed by atoms with Gasteiger partial charge < -0.3 is 0 Å². The molecule has 0 heterocycles. The van der Waals surface area contributed by atoms with Crippen LogP contribution >= 0.6 is 15.9 Å². The number of hydrogen-bond donors (Lipinski definition) is 0. The van der Waals surface area contributed by atoms with Gasteiger partial charge in [0.05, 0.1) is 0 Å². The molecule has 0 radical (unpaired) electrons. The third-order valence-corrected chi connectivity index (χ3v) is 3.27. The SMILES string of the molecule is CC1CC(Br)C1C. The lowest BCUT2D eigenvalue weighted by Crippen LogP contribution is -2.32. The van der Waals surface area contributed by atoms with E-state index in [0.717, 1.165) is 16.7 Å². The van der Waals surface area contributed by atoms with E-state index in [1.807, 2.05) is 0 Å². The van der Waals surface area contributed by atoms with Crippen molar-refractivity contribution in [3.8, 4) is 0 Å². The molecule has 1 saturated carbocycles. The van der Waals surface area contributed by atoms with Crippen molar-refractivity contribution in [2.24, 2.45) is 11.8 Å². The Kier molecular flexibility index (Phi) is 1.42. The molecule has 0 aromatic heterocycles. The summed E-state index contributed by atoms with van der Waals surface area (Å²) in [5, 5.41) is 0. The van der Waals surface area contributed by atoms with Crippen molar-refractivity contribution in [2.75, 3.05) is 0 Å². The van der Waals surface area contributed by atoms with E-state index >= 15 is 0 Å². The highest BCUT2D eigenvalue weighted by molar-refractivity contribution is 9.09. The minimum absolute atomic E-state index is 0.822. The van der Waals surface area contributed by atoms with Crippen molar-refractivity contribution >= 4 is 15.9 Å². The Labute approximate surface area is 53.4 Å². The molecule has 1 fully saturated rings. The average molecular weight is 163 g/mol. The molecule has 1 heteroatoms. The summed E-state index contributed by atoms with van der Waals surface area (Å²) in [6, 6.07) is 0. The zero-order valence-corrected chi connectivity index (χ0v) is 6.40. The third-order valence-electron chi connectivity index (χ3n) is 2.07. The molecule has 0 spiro atoms. The number of rotatable bonds is 0. The minimum Gasteiger partial charge on any atom is -0.0888 e. The fourth-order valence-corrected chi connectivity index (χ4v) is 2.06. The second kappa shape index (κ2) is 1.77. The normalized spacial score (nSPS) is 51.0. The van der Waals surface area contributed by atoms with E-state index in [4.69, 9.17) is 0 Å². The molecule has 0 amide bonds. The first-order chi connectivity index (χ1) is 3.22. The van der Waals surface area contributed by atoms with Crippen LogP contribution in [0.4, 0.5) is 0 Å². The fourth-order valence-electron chi connectivity index (χ4n) is 0.945. The molecule has 1 aliphatic carbocycles. The smallest absolute Gasteiger partial charge is 0.0176 e. The molecular formula is C6H11Br. The van der Waals surface area contributed by atoms with Crippen LogP contribution in [-0.2, 0) is 0 Å². The van der Waals surface area contributed by atoms with Gasteiger partial charge in [0, 0.05) is 4.83 Å². The summed E-state index contributed by atoms with van der Waals surface area (Å²) in [6.45, 7) is 4.61. The Morgan fingerprint density at radius 2 is 2.00 bits per heavy atom. The fraction of sp³-hybridized carbons (Fsp3) is 1.00. The third kappa shape index (κ3) is 0.835. The number of hydrogen-bond acceptors (Lipinski definition) is 0. The summed E-state index contributed by atoms with van der Waals surface area (Å²) in [6.07, 6.45) is 1.38. The summed E-state index contributed by atoms with van der Waals surface area (Å²) < 4.78 is 0. The molecule has 0 saturated heterocycles. The van der Waals surface area contributed by atoms with Crippen molar-refractivity contribution in [1.29, 1.82) is 0 Å². The molecule has 0 nitrogen and oxygen atoms in total. The molecular weight excluding hydrogens is 152 g/mol. The van der Waals surface area contributed by atoms with E-state index in [2.05, 4.69) is 29.8 Å². The molecule has 1 aliphatic rings. The largest absolute Gasteiger partial charge is 0.0888 e. The molecule has 3 unspecified atom stereocenters. The first kappa shape index (κ1) is 5.61. The van der Waals surface area contributed by atoms with Crippen LogP contribution in [0.2, 0.25) is 0 Å². The summed E-state index contributed by atoms with van der Waals surface area (Å²) in [5.74, 6) is 1.88. The maximum absolute atomic E-state index is 3.57. The molecule has 0 aromatic rings. The van der Waals surface area contributed by atoms with Crippen LogP contribution in [-0.4, -0.2) is 4.83 Å². The van der Waals surface area contributed by atoms with E-state index < -0.39 is 0 Å². The van der Waals surface area contributed by atoms with E-state index in [1.54, 1.807) is 0 Å².